The number of carbonyl (C=O) groups excluding carboxylic acids is 1. The number of hydrogen-bond donors (Lipinski definition) is 3. The lowest BCUT2D eigenvalue weighted by Crippen LogP contribution is -2.07. The molecule has 1 aliphatic heterocycles. The van der Waals surface area contributed by atoms with Gasteiger partial charge in [-0.2, -0.15) is 0 Å². The summed E-state index contributed by atoms with van der Waals surface area (Å²) in [7, 11) is 0. The summed E-state index contributed by atoms with van der Waals surface area (Å²) in [6, 6.07) is 0. The second-order valence-electron chi connectivity index (χ2n) is 2.50. The van der Waals surface area contributed by atoms with Crippen molar-refractivity contribution in [3.8, 4) is 0 Å². The second kappa shape index (κ2) is 6.27. The minimum absolute atomic E-state index is 0.139. The van der Waals surface area contributed by atoms with Crippen molar-refractivity contribution < 1.29 is 15.0 Å². The van der Waals surface area contributed by atoms with Gasteiger partial charge in [0.15, 0.2) is 0 Å². The molecule has 4 heteroatoms. The van der Waals surface area contributed by atoms with Gasteiger partial charge in [-0.05, 0) is 6.92 Å². The van der Waals surface area contributed by atoms with E-state index >= 15 is 0 Å². The normalized spacial score (nSPS) is 19.0. The quantitative estimate of drug-likeness (QED) is 0.457. The van der Waals surface area contributed by atoms with Crippen molar-refractivity contribution in [1.29, 1.82) is 0 Å². The summed E-state index contributed by atoms with van der Waals surface area (Å²) in [5, 5.41) is 18.9. The zero-order valence-corrected chi connectivity index (χ0v) is 6.71. The number of ketones is 1. The molecule has 0 aromatic rings. The number of nitrogens with one attached hydrogen (secondary N) is 1. The van der Waals surface area contributed by atoms with Crippen molar-refractivity contribution in [2.24, 2.45) is 0 Å². The Balaban J connectivity index is 0.000000187. The molecule has 3 N–H and O–H groups in total. The predicted molar refractivity (Wildman–Crippen MR) is 41.3 cm³/mol. The number of hydrogen-bond acceptors (Lipinski definition) is 4. The van der Waals surface area contributed by atoms with Crippen molar-refractivity contribution in [3.05, 3.63) is 0 Å². The molecule has 1 heterocycles. The van der Waals surface area contributed by atoms with E-state index < -0.39 is 6.10 Å². The van der Waals surface area contributed by atoms with Crippen molar-refractivity contribution in [3.63, 3.8) is 0 Å². The molecule has 1 unspecified atom stereocenters. The second-order valence-corrected chi connectivity index (χ2v) is 2.50. The molecule has 66 valence electrons. The van der Waals surface area contributed by atoms with Crippen LogP contribution in [0.1, 0.15) is 13.3 Å². The number of rotatable bonds is 1. The van der Waals surface area contributed by atoms with E-state index in [1.807, 2.05) is 0 Å². The summed E-state index contributed by atoms with van der Waals surface area (Å²) in [6.45, 7) is 2.87. The van der Waals surface area contributed by atoms with Gasteiger partial charge in [-0.3, -0.25) is 4.79 Å². The molecule has 0 amide bonds. The molecule has 1 atom stereocenters. The summed E-state index contributed by atoms with van der Waals surface area (Å²) in [6.07, 6.45) is 0.176. The van der Waals surface area contributed by atoms with Gasteiger partial charge in [0.1, 0.15) is 5.78 Å². The van der Waals surface area contributed by atoms with Gasteiger partial charge in [-0.15, -0.1) is 0 Å². The molecule has 0 aromatic heterocycles. The first kappa shape index (κ1) is 10.6. The molecule has 0 radical (unpaired) electrons. The van der Waals surface area contributed by atoms with Gasteiger partial charge in [-0.25, -0.2) is 0 Å². The van der Waals surface area contributed by atoms with E-state index in [-0.39, 0.29) is 6.61 Å². The number of carbonyl (C=O) groups is 1. The average molecular weight is 161 g/mol. The van der Waals surface area contributed by atoms with Crippen LogP contribution in [0.5, 0.6) is 0 Å². The van der Waals surface area contributed by atoms with Crippen molar-refractivity contribution in [1.82, 2.24) is 5.32 Å². The summed E-state index contributed by atoms with van der Waals surface area (Å²) >= 11 is 0. The van der Waals surface area contributed by atoms with E-state index in [1.54, 1.807) is 0 Å². The number of aliphatic hydroxyl groups is 2. The SMILES string of the molecule is CC(O)CO.O=C1CCNC1. The molecule has 0 saturated carbocycles. The Kier molecular flexibility index (Phi) is 6.02. The minimum atomic E-state index is -0.560. The first-order valence-corrected chi connectivity index (χ1v) is 3.68. The molecule has 0 aliphatic carbocycles. The highest BCUT2D eigenvalue weighted by molar-refractivity contribution is 5.82. The molecule has 1 rings (SSSR count). The zero-order chi connectivity index (χ0) is 8.69. The maximum atomic E-state index is 10.2. The maximum Gasteiger partial charge on any atom is 0.147 e. The van der Waals surface area contributed by atoms with Gasteiger partial charge in [0, 0.05) is 13.0 Å². The van der Waals surface area contributed by atoms with Crippen molar-refractivity contribution >= 4 is 5.78 Å². The van der Waals surface area contributed by atoms with Crippen LogP contribution in [-0.2, 0) is 4.79 Å². The number of aliphatic hydroxyl groups excluding tert-OH is 2. The third-order valence-corrected chi connectivity index (χ3v) is 1.17. The largest absolute Gasteiger partial charge is 0.394 e. The van der Waals surface area contributed by atoms with E-state index in [9.17, 15) is 4.79 Å². The Bertz CT molecular complexity index is 106. The maximum absolute atomic E-state index is 10.2. The van der Waals surface area contributed by atoms with Crippen LogP contribution in [0.2, 0.25) is 0 Å². The third-order valence-electron chi connectivity index (χ3n) is 1.17. The van der Waals surface area contributed by atoms with Gasteiger partial charge in [0.05, 0.1) is 19.3 Å². The van der Waals surface area contributed by atoms with E-state index in [2.05, 4.69) is 5.32 Å². The molecule has 0 aromatic carbocycles. The van der Waals surface area contributed by atoms with E-state index in [4.69, 9.17) is 10.2 Å². The Labute approximate surface area is 66.2 Å². The van der Waals surface area contributed by atoms with Gasteiger partial charge < -0.3 is 15.5 Å². The predicted octanol–water partition coefficient (Wildman–Crippen LogP) is -1.09. The summed E-state index contributed by atoms with van der Waals surface area (Å²) < 4.78 is 0. The monoisotopic (exact) mass is 161 g/mol. The average Bonchev–Trinajstić information content (AvgIpc) is 2.41. The molecule has 11 heavy (non-hydrogen) atoms. The Morgan fingerprint density at radius 2 is 2.27 bits per heavy atom. The van der Waals surface area contributed by atoms with Crippen molar-refractivity contribution in [2.75, 3.05) is 19.7 Å². The highest BCUT2D eigenvalue weighted by Crippen LogP contribution is 1.85. The molecule has 0 spiro atoms. The summed E-state index contributed by atoms with van der Waals surface area (Å²) in [5.41, 5.74) is 0. The topological polar surface area (TPSA) is 69.6 Å². The Hall–Kier alpha value is -0.450. The van der Waals surface area contributed by atoms with Crippen LogP contribution < -0.4 is 5.32 Å². The molecular formula is C7H15NO3. The first-order valence-electron chi connectivity index (χ1n) is 3.68. The smallest absolute Gasteiger partial charge is 0.147 e. The summed E-state index contributed by atoms with van der Waals surface area (Å²) in [5.74, 6) is 0.343. The van der Waals surface area contributed by atoms with Crippen LogP contribution >= 0.6 is 0 Å². The van der Waals surface area contributed by atoms with Crippen LogP contribution in [0.25, 0.3) is 0 Å². The fourth-order valence-electron chi connectivity index (χ4n) is 0.544. The lowest BCUT2D eigenvalue weighted by molar-refractivity contribution is -0.116. The van der Waals surface area contributed by atoms with Crippen LogP contribution in [0, 0.1) is 0 Å². The highest BCUT2D eigenvalue weighted by Gasteiger charge is 2.06. The van der Waals surface area contributed by atoms with E-state index in [0.717, 1.165) is 13.0 Å². The highest BCUT2D eigenvalue weighted by atomic mass is 16.3. The third kappa shape index (κ3) is 7.45. The molecular weight excluding hydrogens is 146 g/mol. The van der Waals surface area contributed by atoms with E-state index in [0.29, 0.717) is 12.3 Å². The van der Waals surface area contributed by atoms with Gasteiger partial charge in [0.2, 0.25) is 0 Å². The lowest BCUT2D eigenvalue weighted by atomic mass is 10.4. The van der Waals surface area contributed by atoms with Crippen LogP contribution in [0.15, 0.2) is 0 Å². The summed E-state index contributed by atoms with van der Waals surface area (Å²) in [4.78, 5) is 10.2. The minimum Gasteiger partial charge on any atom is -0.394 e. The molecule has 1 aliphatic rings. The lowest BCUT2D eigenvalue weighted by Gasteiger charge is -1.90. The standard InChI is InChI=1S/C4H7NO.C3H8O2/c6-4-1-2-5-3-4;1-3(5)2-4/h5H,1-3H2;3-5H,2H2,1H3. The van der Waals surface area contributed by atoms with Gasteiger partial charge in [-0.1, -0.05) is 0 Å². The van der Waals surface area contributed by atoms with Gasteiger partial charge >= 0.3 is 0 Å². The Morgan fingerprint density at radius 1 is 1.73 bits per heavy atom. The van der Waals surface area contributed by atoms with E-state index in [1.165, 1.54) is 6.92 Å². The first-order chi connectivity index (χ1) is 5.16. The number of Topliss-reactive ketones (excluding diaryl/α,β-unsaturated/α-hetero) is 1. The molecule has 4 nitrogen and oxygen atoms in total. The van der Waals surface area contributed by atoms with Crippen LogP contribution in [0.3, 0.4) is 0 Å². The van der Waals surface area contributed by atoms with Crippen LogP contribution in [-0.4, -0.2) is 41.8 Å². The zero-order valence-electron chi connectivity index (χ0n) is 6.71. The fourth-order valence-corrected chi connectivity index (χ4v) is 0.544. The molecule has 1 saturated heterocycles. The van der Waals surface area contributed by atoms with Crippen molar-refractivity contribution in [2.45, 2.75) is 19.4 Å². The van der Waals surface area contributed by atoms with Crippen LogP contribution in [0.4, 0.5) is 0 Å². The van der Waals surface area contributed by atoms with Gasteiger partial charge in [0.25, 0.3) is 0 Å². The molecule has 0 bridgehead atoms. The fraction of sp³-hybridized carbons (Fsp3) is 0.857. The Morgan fingerprint density at radius 3 is 2.36 bits per heavy atom. The molecule has 1 fully saturated rings.